The molecule has 0 amide bonds. The van der Waals surface area contributed by atoms with Gasteiger partial charge in [-0.3, -0.25) is 4.68 Å². The number of aromatic amines is 1. The van der Waals surface area contributed by atoms with Crippen molar-refractivity contribution in [3.05, 3.63) is 10.5 Å². The van der Waals surface area contributed by atoms with E-state index >= 15 is 0 Å². The molecule has 0 fully saturated rings. The number of imidazole rings is 1. The predicted molar refractivity (Wildman–Crippen MR) is 82.2 cm³/mol. The molecule has 0 aliphatic heterocycles. The van der Waals surface area contributed by atoms with Gasteiger partial charge in [0.1, 0.15) is 5.52 Å². The zero-order valence-corrected chi connectivity index (χ0v) is 14.0. The highest BCUT2D eigenvalue weighted by atomic mass is 32.2. The van der Waals surface area contributed by atoms with Crippen molar-refractivity contribution in [2.24, 2.45) is 7.05 Å². The first-order chi connectivity index (χ1) is 9.08. The summed E-state index contributed by atoms with van der Waals surface area (Å²) in [6, 6.07) is 0. The number of aryl methyl sites for hydroxylation is 2. The van der Waals surface area contributed by atoms with Crippen LogP contribution < -0.4 is 0 Å². The number of hydrogen-bond acceptors (Lipinski definition) is 4. The van der Waals surface area contributed by atoms with E-state index in [1.54, 1.807) is 18.5 Å². The molecule has 2 rings (SSSR count). The van der Waals surface area contributed by atoms with Crippen LogP contribution in [-0.2, 0) is 29.9 Å². The highest BCUT2D eigenvalue weighted by Crippen LogP contribution is 2.23. The topological polar surface area (TPSA) is 72.7 Å². The Hall–Kier alpha value is -1.15. The lowest BCUT2D eigenvalue weighted by Crippen LogP contribution is -2.36. The van der Waals surface area contributed by atoms with Crippen LogP contribution in [0.15, 0.2) is 0 Å². The summed E-state index contributed by atoms with van der Waals surface area (Å²) in [6.45, 7) is 5.74. The van der Waals surface area contributed by atoms with Crippen molar-refractivity contribution >= 4 is 33.2 Å². The van der Waals surface area contributed by atoms with Gasteiger partial charge in [-0.2, -0.15) is 5.10 Å². The molecule has 0 bridgehead atoms. The Labute approximate surface area is 123 Å². The standard InChI is InChI=1S/C12H20N4O2S2/c1-6-8-9-10(15(4)14-8)16(11(19)13-9)7-12(2,3)20(5,17)18/h6-7H2,1-5H3,(H,13,19). The predicted octanol–water partition coefficient (Wildman–Crippen LogP) is 1.82. The van der Waals surface area contributed by atoms with Gasteiger partial charge < -0.3 is 9.55 Å². The average Bonchev–Trinajstić information content (AvgIpc) is 2.77. The van der Waals surface area contributed by atoms with E-state index < -0.39 is 14.6 Å². The van der Waals surface area contributed by atoms with Crippen molar-refractivity contribution < 1.29 is 8.42 Å². The Kier molecular flexibility index (Phi) is 3.58. The maximum atomic E-state index is 11.9. The number of nitrogens with one attached hydrogen (secondary N) is 1. The molecule has 112 valence electrons. The molecule has 0 unspecified atom stereocenters. The van der Waals surface area contributed by atoms with Crippen molar-refractivity contribution in [3.63, 3.8) is 0 Å². The van der Waals surface area contributed by atoms with Gasteiger partial charge in [0.15, 0.2) is 20.3 Å². The fraction of sp³-hybridized carbons (Fsp3) is 0.667. The van der Waals surface area contributed by atoms with Gasteiger partial charge >= 0.3 is 0 Å². The first-order valence-corrected chi connectivity index (χ1v) is 8.72. The molecule has 0 saturated heterocycles. The first-order valence-electron chi connectivity index (χ1n) is 6.42. The first kappa shape index (κ1) is 15.2. The van der Waals surface area contributed by atoms with E-state index in [1.165, 1.54) is 6.26 Å². The normalized spacial score (nSPS) is 13.2. The van der Waals surface area contributed by atoms with Crippen molar-refractivity contribution in [2.75, 3.05) is 6.26 Å². The molecule has 0 spiro atoms. The van der Waals surface area contributed by atoms with E-state index in [0.717, 1.165) is 23.3 Å². The largest absolute Gasteiger partial charge is 0.328 e. The Morgan fingerprint density at radius 2 is 2.00 bits per heavy atom. The molecule has 0 radical (unpaired) electrons. The molecule has 0 atom stereocenters. The Morgan fingerprint density at radius 3 is 2.50 bits per heavy atom. The summed E-state index contributed by atoms with van der Waals surface area (Å²) < 4.78 is 27.0. The van der Waals surface area contributed by atoms with Gasteiger partial charge in [-0.1, -0.05) is 6.92 Å². The van der Waals surface area contributed by atoms with Gasteiger partial charge in [-0.05, 0) is 32.5 Å². The number of hydrogen-bond donors (Lipinski definition) is 1. The van der Waals surface area contributed by atoms with Crippen LogP contribution in [0, 0.1) is 4.77 Å². The highest BCUT2D eigenvalue weighted by molar-refractivity contribution is 7.92. The number of nitrogens with zero attached hydrogens (tertiary/aromatic N) is 3. The van der Waals surface area contributed by atoms with Crippen molar-refractivity contribution in [2.45, 2.75) is 38.5 Å². The molecule has 20 heavy (non-hydrogen) atoms. The third-order valence-corrected chi connectivity index (χ3v) is 6.16. The summed E-state index contributed by atoms with van der Waals surface area (Å²) in [5.74, 6) is 0. The van der Waals surface area contributed by atoms with Gasteiger partial charge in [0.25, 0.3) is 0 Å². The number of sulfone groups is 1. The quantitative estimate of drug-likeness (QED) is 0.873. The van der Waals surface area contributed by atoms with E-state index in [9.17, 15) is 8.42 Å². The average molecular weight is 316 g/mol. The van der Waals surface area contributed by atoms with Crippen molar-refractivity contribution in [1.82, 2.24) is 19.3 Å². The van der Waals surface area contributed by atoms with E-state index in [2.05, 4.69) is 10.1 Å². The molecule has 0 aliphatic rings. The molecule has 6 nitrogen and oxygen atoms in total. The summed E-state index contributed by atoms with van der Waals surface area (Å²) in [7, 11) is -1.34. The highest BCUT2D eigenvalue weighted by Gasteiger charge is 2.32. The van der Waals surface area contributed by atoms with E-state index in [0.29, 0.717) is 11.3 Å². The van der Waals surface area contributed by atoms with Gasteiger partial charge in [-0.25, -0.2) is 8.42 Å². The molecular formula is C12H20N4O2S2. The zero-order valence-electron chi connectivity index (χ0n) is 12.4. The van der Waals surface area contributed by atoms with Gasteiger partial charge in [0.05, 0.1) is 10.4 Å². The lowest BCUT2D eigenvalue weighted by atomic mass is 10.2. The minimum Gasteiger partial charge on any atom is -0.328 e. The number of rotatable bonds is 4. The fourth-order valence-corrected chi connectivity index (χ4v) is 2.79. The second kappa shape index (κ2) is 4.70. The van der Waals surface area contributed by atoms with Crippen LogP contribution in [0.25, 0.3) is 11.2 Å². The summed E-state index contributed by atoms with van der Waals surface area (Å²) in [6.07, 6.45) is 2.04. The minimum absolute atomic E-state index is 0.299. The smallest absolute Gasteiger partial charge is 0.179 e. The molecular weight excluding hydrogens is 296 g/mol. The Morgan fingerprint density at radius 1 is 1.40 bits per heavy atom. The third kappa shape index (κ3) is 2.31. The van der Waals surface area contributed by atoms with Gasteiger partial charge in [0.2, 0.25) is 0 Å². The van der Waals surface area contributed by atoms with Crippen LogP contribution in [0.4, 0.5) is 0 Å². The number of fused-ring (bicyclic) bond motifs is 1. The maximum absolute atomic E-state index is 11.9. The monoisotopic (exact) mass is 316 g/mol. The second-order valence-electron chi connectivity index (χ2n) is 5.67. The van der Waals surface area contributed by atoms with Crippen LogP contribution in [0.3, 0.4) is 0 Å². The fourth-order valence-electron chi connectivity index (χ4n) is 2.17. The van der Waals surface area contributed by atoms with E-state index in [4.69, 9.17) is 12.2 Å². The summed E-state index contributed by atoms with van der Waals surface area (Å²) >= 11 is 5.34. The van der Waals surface area contributed by atoms with Crippen LogP contribution in [0.2, 0.25) is 0 Å². The second-order valence-corrected chi connectivity index (χ2v) is 8.71. The molecule has 8 heteroatoms. The Bertz CT molecular complexity index is 808. The molecule has 0 aliphatic carbocycles. The van der Waals surface area contributed by atoms with Crippen LogP contribution >= 0.6 is 12.2 Å². The van der Waals surface area contributed by atoms with Crippen LogP contribution in [-0.4, -0.2) is 38.8 Å². The summed E-state index contributed by atoms with van der Waals surface area (Å²) in [4.78, 5) is 3.14. The Balaban J connectivity index is 2.65. The molecule has 2 heterocycles. The number of H-pyrrole nitrogens is 1. The summed E-state index contributed by atoms with van der Waals surface area (Å²) in [5, 5.41) is 4.43. The van der Waals surface area contributed by atoms with E-state index in [1.807, 2.05) is 18.5 Å². The third-order valence-electron chi connectivity index (χ3n) is 3.70. The SMILES string of the molecule is CCc1nn(C)c2c1[nH]c(=S)n2CC(C)(C)S(C)(=O)=O. The minimum atomic E-state index is -3.19. The number of aromatic nitrogens is 4. The maximum Gasteiger partial charge on any atom is 0.179 e. The molecule has 0 saturated carbocycles. The van der Waals surface area contributed by atoms with E-state index in [-0.39, 0.29) is 0 Å². The molecule has 0 aromatic carbocycles. The van der Waals surface area contributed by atoms with Gasteiger partial charge in [0, 0.05) is 19.8 Å². The van der Waals surface area contributed by atoms with Crippen LogP contribution in [0.5, 0.6) is 0 Å². The zero-order chi connectivity index (χ0) is 15.3. The lowest BCUT2D eigenvalue weighted by Gasteiger charge is -2.23. The molecule has 2 aromatic heterocycles. The lowest BCUT2D eigenvalue weighted by molar-refractivity contribution is 0.501. The van der Waals surface area contributed by atoms with Crippen molar-refractivity contribution in [1.29, 1.82) is 0 Å². The van der Waals surface area contributed by atoms with Crippen LogP contribution in [0.1, 0.15) is 26.5 Å². The summed E-state index contributed by atoms with van der Waals surface area (Å²) in [5.41, 5.74) is 2.66. The van der Waals surface area contributed by atoms with Gasteiger partial charge in [-0.15, -0.1) is 0 Å². The molecule has 2 aromatic rings. The molecule has 1 N–H and O–H groups in total. The van der Waals surface area contributed by atoms with Crippen molar-refractivity contribution in [3.8, 4) is 0 Å².